The molecule has 1 aromatic heterocycles. The van der Waals surface area contributed by atoms with Gasteiger partial charge in [-0.15, -0.1) is 0 Å². The highest BCUT2D eigenvalue weighted by Gasteiger charge is 2.15. The van der Waals surface area contributed by atoms with E-state index in [0.29, 0.717) is 24.5 Å². The van der Waals surface area contributed by atoms with Crippen molar-refractivity contribution in [2.24, 2.45) is 7.05 Å². The third kappa shape index (κ3) is 3.12. The quantitative estimate of drug-likeness (QED) is 0.848. The van der Waals surface area contributed by atoms with Gasteiger partial charge in [-0.25, -0.2) is 0 Å². The van der Waals surface area contributed by atoms with Crippen LogP contribution in [0.4, 0.5) is 5.69 Å². The maximum Gasteiger partial charge on any atom is 0.0865 e. The van der Waals surface area contributed by atoms with Crippen LogP contribution in [-0.2, 0) is 13.6 Å². The van der Waals surface area contributed by atoms with Crippen molar-refractivity contribution in [2.75, 3.05) is 11.4 Å². The lowest BCUT2D eigenvalue weighted by Crippen LogP contribution is -2.25. The van der Waals surface area contributed by atoms with Crippen LogP contribution >= 0.6 is 11.6 Å². The van der Waals surface area contributed by atoms with E-state index in [9.17, 15) is 0 Å². The number of aromatic nitrogens is 2. The van der Waals surface area contributed by atoms with Crippen LogP contribution in [0.3, 0.4) is 0 Å². The Kier molecular flexibility index (Phi) is 4.65. The monoisotopic (exact) mass is 288 g/mol. The molecule has 1 heterocycles. The first-order valence-corrected chi connectivity index (χ1v) is 6.86. The zero-order valence-electron chi connectivity index (χ0n) is 11.7. The molecule has 0 aliphatic heterocycles. The van der Waals surface area contributed by atoms with Crippen LogP contribution in [0.15, 0.2) is 30.3 Å². The molecule has 0 amide bonds. The number of halogens is 1. The minimum Gasteiger partial charge on any atom is -0.365 e. The third-order valence-corrected chi connectivity index (χ3v) is 3.71. The molecule has 0 saturated carbocycles. The van der Waals surface area contributed by atoms with E-state index in [2.05, 4.69) is 16.1 Å². The van der Waals surface area contributed by atoms with Crippen LogP contribution in [0.25, 0.3) is 0 Å². The lowest BCUT2D eigenvalue weighted by molar-refractivity contribution is 0.676. The standard InChI is InChI=1S/C15H17ClN4/c1-12-15(16)14(19(2)18-12)11-20(10-6-9-17)13-7-4-3-5-8-13/h3-5,7-8H,6,10-11H2,1-2H3. The van der Waals surface area contributed by atoms with Crippen LogP contribution in [0.1, 0.15) is 17.8 Å². The Morgan fingerprint density at radius 3 is 2.60 bits per heavy atom. The predicted octanol–water partition coefficient (Wildman–Crippen LogP) is 3.30. The van der Waals surface area contributed by atoms with Gasteiger partial charge in [0.05, 0.1) is 35.4 Å². The number of rotatable bonds is 5. The molecule has 2 aromatic rings. The summed E-state index contributed by atoms with van der Waals surface area (Å²) in [5, 5.41) is 13.9. The number of hydrogen-bond donors (Lipinski definition) is 0. The van der Waals surface area contributed by atoms with E-state index < -0.39 is 0 Å². The summed E-state index contributed by atoms with van der Waals surface area (Å²) in [5.41, 5.74) is 2.88. The number of nitrogens with zero attached hydrogens (tertiary/aromatic N) is 4. The fourth-order valence-electron chi connectivity index (χ4n) is 2.16. The number of hydrogen-bond acceptors (Lipinski definition) is 3. The van der Waals surface area contributed by atoms with Gasteiger partial charge >= 0.3 is 0 Å². The molecule has 1 aromatic carbocycles. The van der Waals surface area contributed by atoms with Gasteiger partial charge in [0.1, 0.15) is 0 Å². The highest BCUT2D eigenvalue weighted by Crippen LogP contribution is 2.24. The largest absolute Gasteiger partial charge is 0.365 e. The van der Waals surface area contributed by atoms with E-state index >= 15 is 0 Å². The first-order chi connectivity index (χ1) is 9.63. The molecule has 4 nitrogen and oxygen atoms in total. The summed E-state index contributed by atoms with van der Waals surface area (Å²) in [6, 6.07) is 12.2. The number of nitriles is 1. The molecule has 0 aliphatic carbocycles. The van der Waals surface area contributed by atoms with Crippen molar-refractivity contribution in [3.8, 4) is 6.07 Å². The normalized spacial score (nSPS) is 10.3. The molecule has 20 heavy (non-hydrogen) atoms. The summed E-state index contributed by atoms with van der Waals surface area (Å²) < 4.78 is 1.81. The topological polar surface area (TPSA) is 44.9 Å². The van der Waals surface area contributed by atoms with Crippen molar-refractivity contribution in [1.82, 2.24) is 9.78 Å². The van der Waals surface area contributed by atoms with E-state index in [4.69, 9.17) is 16.9 Å². The average Bonchev–Trinajstić information content (AvgIpc) is 2.70. The molecule has 0 aliphatic rings. The minimum absolute atomic E-state index is 0.476. The highest BCUT2D eigenvalue weighted by atomic mass is 35.5. The number of benzene rings is 1. The molecule has 0 fully saturated rings. The van der Waals surface area contributed by atoms with E-state index in [1.54, 1.807) is 4.68 Å². The second kappa shape index (κ2) is 6.44. The van der Waals surface area contributed by atoms with Gasteiger partial charge in [0.15, 0.2) is 0 Å². The molecule has 0 spiro atoms. The Labute approximate surface area is 124 Å². The van der Waals surface area contributed by atoms with E-state index in [1.165, 1.54) is 0 Å². The van der Waals surface area contributed by atoms with E-state index in [1.807, 2.05) is 44.3 Å². The maximum absolute atomic E-state index is 8.82. The molecule has 0 atom stereocenters. The number of anilines is 1. The van der Waals surface area contributed by atoms with Gasteiger partial charge in [-0.05, 0) is 19.1 Å². The van der Waals surface area contributed by atoms with Crippen LogP contribution in [0.2, 0.25) is 5.02 Å². The molecule has 2 rings (SSSR count). The van der Waals surface area contributed by atoms with Gasteiger partial charge in [0.25, 0.3) is 0 Å². The summed E-state index contributed by atoms with van der Waals surface area (Å²) >= 11 is 6.30. The first kappa shape index (κ1) is 14.4. The van der Waals surface area contributed by atoms with Crippen molar-refractivity contribution in [3.05, 3.63) is 46.7 Å². The van der Waals surface area contributed by atoms with Crippen molar-refractivity contribution in [1.29, 1.82) is 5.26 Å². The first-order valence-electron chi connectivity index (χ1n) is 6.48. The Morgan fingerprint density at radius 2 is 2.05 bits per heavy atom. The Morgan fingerprint density at radius 1 is 1.35 bits per heavy atom. The second-order valence-electron chi connectivity index (χ2n) is 4.63. The van der Waals surface area contributed by atoms with Crippen LogP contribution in [-0.4, -0.2) is 16.3 Å². The average molecular weight is 289 g/mol. The van der Waals surface area contributed by atoms with Gasteiger partial charge < -0.3 is 4.90 Å². The summed E-state index contributed by atoms with van der Waals surface area (Å²) in [5.74, 6) is 0. The molecule has 0 unspecified atom stereocenters. The van der Waals surface area contributed by atoms with Crippen LogP contribution in [0, 0.1) is 18.3 Å². The van der Waals surface area contributed by atoms with Crippen molar-refractivity contribution in [3.63, 3.8) is 0 Å². The maximum atomic E-state index is 8.82. The van der Waals surface area contributed by atoms with Crippen molar-refractivity contribution in [2.45, 2.75) is 19.9 Å². The van der Waals surface area contributed by atoms with Gasteiger partial charge in [-0.3, -0.25) is 4.68 Å². The van der Waals surface area contributed by atoms with Gasteiger partial charge in [-0.1, -0.05) is 29.8 Å². The predicted molar refractivity (Wildman–Crippen MR) is 80.7 cm³/mol. The van der Waals surface area contributed by atoms with Crippen LogP contribution < -0.4 is 4.90 Å². The summed E-state index contributed by atoms with van der Waals surface area (Å²) in [6.45, 7) is 3.21. The van der Waals surface area contributed by atoms with E-state index in [-0.39, 0.29) is 0 Å². The summed E-state index contributed by atoms with van der Waals surface area (Å²) in [4.78, 5) is 2.14. The Hall–Kier alpha value is -1.99. The molecule has 0 N–H and O–H groups in total. The zero-order chi connectivity index (χ0) is 14.5. The van der Waals surface area contributed by atoms with Gasteiger partial charge in [0.2, 0.25) is 0 Å². The number of para-hydroxylation sites is 1. The summed E-state index contributed by atoms with van der Waals surface area (Å²) in [6.07, 6.45) is 0.476. The van der Waals surface area contributed by atoms with Crippen molar-refractivity contribution >= 4 is 17.3 Å². The Balaban J connectivity index is 2.26. The van der Waals surface area contributed by atoms with Gasteiger partial charge in [-0.2, -0.15) is 10.4 Å². The zero-order valence-corrected chi connectivity index (χ0v) is 12.4. The van der Waals surface area contributed by atoms with Crippen molar-refractivity contribution < 1.29 is 0 Å². The lowest BCUT2D eigenvalue weighted by Gasteiger charge is -2.24. The Bertz CT molecular complexity index is 613. The highest BCUT2D eigenvalue weighted by molar-refractivity contribution is 6.31. The fourth-order valence-corrected chi connectivity index (χ4v) is 2.38. The third-order valence-electron chi connectivity index (χ3n) is 3.22. The van der Waals surface area contributed by atoms with Crippen LogP contribution in [0.5, 0.6) is 0 Å². The molecule has 0 saturated heterocycles. The molecule has 104 valence electrons. The molecular weight excluding hydrogens is 272 g/mol. The number of aryl methyl sites for hydroxylation is 2. The second-order valence-corrected chi connectivity index (χ2v) is 5.01. The minimum atomic E-state index is 0.476. The lowest BCUT2D eigenvalue weighted by atomic mass is 10.2. The smallest absolute Gasteiger partial charge is 0.0865 e. The molecular formula is C15H17ClN4. The fraction of sp³-hybridized carbons (Fsp3) is 0.333. The summed E-state index contributed by atoms with van der Waals surface area (Å²) in [7, 11) is 1.89. The molecule has 0 bridgehead atoms. The SMILES string of the molecule is Cc1nn(C)c(CN(CCC#N)c2ccccc2)c1Cl. The van der Waals surface area contributed by atoms with Gasteiger partial charge in [0, 0.05) is 19.3 Å². The van der Waals surface area contributed by atoms with E-state index in [0.717, 1.165) is 17.1 Å². The molecule has 5 heteroatoms. The molecule has 0 radical (unpaired) electrons.